The molecule has 3 N–H and O–H groups in total. The zero-order valence-corrected chi connectivity index (χ0v) is 24.8. The molecule has 0 spiro atoms. The van der Waals surface area contributed by atoms with Gasteiger partial charge in [0.05, 0.1) is 23.9 Å². The maximum Gasteiger partial charge on any atom is 0.410 e. The fraction of sp³-hybridized carbons (Fsp3) is 0.679. The molecule has 2 aliphatic rings. The highest BCUT2D eigenvalue weighted by molar-refractivity contribution is 5.70. The van der Waals surface area contributed by atoms with Gasteiger partial charge in [-0.15, -0.1) is 0 Å². The number of nitrogens with one attached hydrogen (secondary N) is 3. The number of benzene rings is 1. The van der Waals surface area contributed by atoms with Crippen LogP contribution in [0.3, 0.4) is 0 Å². The lowest BCUT2D eigenvalue weighted by atomic mass is 10.1. The van der Waals surface area contributed by atoms with Crippen molar-refractivity contribution >= 4 is 18.3 Å². The van der Waals surface area contributed by atoms with Crippen molar-refractivity contribution in [2.24, 2.45) is 11.8 Å². The second-order valence-electron chi connectivity index (χ2n) is 12.1. The number of likely N-dealkylation sites (tertiary alicyclic amines) is 1. The van der Waals surface area contributed by atoms with Crippen LogP contribution < -0.4 is 16.0 Å². The summed E-state index contributed by atoms with van der Waals surface area (Å²) in [5.74, 6) is -2.01. The van der Waals surface area contributed by atoms with Gasteiger partial charge in [0.2, 0.25) is 12.9 Å². The molecular weight excluding hydrogens is 564 g/mol. The van der Waals surface area contributed by atoms with E-state index in [1.54, 1.807) is 53.7 Å². The van der Waals surface area contributed by atoms with E-state index in [0.717, 1.165) is 5.56 Å². The van der Waals surface area contributed by atoms with Crippen LogP contribution in [0.1, 0.15) is 47.1 Å². The first-order chi connectivity index (χ1) is 19.4. The van der Waals surface area contributed by atoms with E-state index in [-0.39, 0.29) is 26.2 Å². The lowest BCUT2D eigenvalue weighted by Crippen LogP contribution is -2.45. The Balaban J connectivity index is 0.000000330. The molecule has 0 aliphatic carbocycles. The summed E-state index contributed by atoms with van der Waals surface area (Å²) < 4.78 is 67.0. The highest BCUT2D eigenvalue weighted by Crippen LogP contribution is 2.25. The molecule has 238 valence electrons. The number of alkyl carbamates (subject to hydrolysis) is 2. The van der Waals surface area contributed by atoms with E-state index in [1.807, 2.05) is 18.2 Å². The van der Waals surface area contributed by atoms with Gasteiger partial charge in [-0.05, 0) is 47.1 Å². The van der Waals surface area contributed by atoms with Gasteiger partial charge in [0.1, 0.15) is 17.8 Å². The quantitative estimate of drug-likeness (QED) is 0.315. The number of hydrogen-bond donors (Lipinski definition) is 3. The minimum Gasteiger partial charge on any atom is -0.445 e. The number of amides is 3. The van der Waals surface area contributed by atoms with Crippen LogP contribution in [0, 0.1) is 11.8 Å². The highest BCUT2D eigenvalue weighted by Gasteiger charge is 2.42. The highest BCUT2D eigenvalue weighted by atomic mass is 19.3. The molecule has 0 unspecified atom stereocenters. The van der Waals surface area contributed by atoms with Crippen molar-refractivity contribution in [2.45, 2.75) is 84.3 Å². The molecule has 2 heterocycles. The van der Waals surface area contributed by atoms with E-state index in [9.17, 15) is 31.9 Å². The number of hydrogen-bond acceptors (Lipinski definition) is 7. The first kappa shape index (κ1) is 34.9. The van der Waals surface area contributed by atoms with Crippen LogP contribution in [0.2, 0.25) is 0 Å². The van der Waals surface area contributed by atoms with E-state index < -0.39 is 66.3 Å². The summed E-state index contributed by atoms with van der Waals surface area (Å²) >= 11 is 0. The Bertz CT molecular complexity index is 1020. The number of alkyl halides is 4. The molecular formula is C28H42F4N4O6. The van der Waals surface area contributed by atoms with Gasteiger partial charge in [-0.3, -0.25) is 0 Å². The zero-order valence-electron chi connectivity index (χ0n) is 24.8. The molecule has 0 aromatic heterocycles. The van der Waals surface area contributed by atoms with E-state index in [2.05, 4.69) is 16.0 Å². The molecule has 2 fully saturated rings. The molecule has 1 aromatic carbocycles. The summed E-state index contributed by atoms with van der Waals surface area (Å²) in [5, 5.41) is 7.72. The molecule has 3 amide bonds. The topological polar surface area (TPSA) is 118 Å². The van der Waals surface area contributed by atoms with Crippen molar-refractivity contribution in [1.82, 2.24) is 20.9 Å². The van der Waals surface area contributed by atoms with Gasteiger partial charge in [0.25, 0.3) is 0 Å². The summed E-state index contributed by atoms with van der Waals surface area (Å²) in [7, 11) is 0. The van der Waals surface area contributed by atoms with Crippen LogP contribution in [0.4, 0.5) is 31.9 Å². The van der Waals surface area contributed by atoms with E-state index in [1.165, 1.54) is 4.90 Å². The first-order valence-corrected chi connectivity index (χ1v) is 13.7. The fourth-order valence-electron chi connectivity index (χ4n) is 4.24. The SMILES string of the molecule is CC(C)(C)OC(=O)N[C@@H]1CN(C(=O)OCc2ccccc2)C[C@H]1C(F)F.CC(C)(C)OC(=O)N[C@H]1CNC[C@@H]1C(F)F. The van der Waals surface area contributed by atoms with Crippen LogP contribution in [0.5, 0.6) is 0 Å². The number of ether oxygens (including phenoxy) is 3. The average Bonchev–Trinajstić information content (AvgIpc) is 3.48. The number of nitrogens with zero attached hydrogens (tertiary/aromatic N) is 1. The number of carbonyl (C=O) groups is 3. The average molecular weight is 607 g/mol. The second-order valence-corrected chi connectivity index (χ2v) is 12.1. The maximum atomic E-state index is 13.3. The van der Waals surface area contributed by atoms with Gasteiger partial charge in [0, 0.05) is 26.2 Å². The van der Waals surface area contributed by atoms with Crippen molar-refractivity contribution in [1.29, 1.82) is 0 Å². The number of carbonyl (C=O) groups excluding carboxylic acids is 3. The van der Waals surface area contributed by atoms with Crippen molar-refractivity contribution < 1.29 is 46.2 Å². The minimum absolute atomic E-state index is 0.0537. The van der Waals surface area contributed by atoms with Crippen LogP contribution in [-0.2, 0) is 20.8 Å². The predicted octanol–water partition coefficient (Wildman–Crippen LogP) is 4.78. The Morgan fingerprint density at radius 3 is 1.86 bits per heavy atom. The Morgan fingerprint density at radius 2 is 1.36 bits per heavy atom. The smallest absolute Gasteiger partial charge is 0.410 e. The van der Waals surface area contributed by atoms with Gasteiger partial charge >= 0.3 is 18.3 Å². The van der Waals surface area contributed by atoms with Crippen molar-refractivity contribution in [3.05, 3.63) is 35.9 Å². The second kappa shape index (κ2) is 15.3. The summed E-state index contributed by atoms with van der Waals surface area (Å²) in [5.41, 5.74) is -0.554. The largest absolute Gasteiger partial charge is 0.445 e. The number of halogens is 4. The Labute approximate surface area is 243 Å². The van der Waals surface area contributed by atoms with Crippen LogP contribution >= 0.6 is 0 Å². The van der Waals surface area contributed by atoms with Crippen LogP contribution in [-0.4, -0.2) is 85.5 Å². The summed E-state index contributed by atoms with van der Waals surface area (Å²) in [4.78, 5) is 36.6. The Morgan fingerprint density at radius 1 is 0.833 bits per heavy atom. The number of rotatable bonds is 6. The molecule has 1 aromatic rings. The molecule has 4 atom stereocenters. The summed E-state index contributed by atoms with van der Waals surface area (Å²) in [6, 6.07) is 7.60. The lowest BCUT2D eigenvalue weighted by molar-refractivity contribution is 0.0392. The van der Waals surface area contributed by atoms with Crippen LogP contribution in [0.25, 0.3) is 0 Å². The zero-order chi connectivity index (χ0) is 31.7. The minimum atomic E-state index is -2.68. The molecule has 2 saturated heterocycles. The Hall–Kier alpha value is -3.29. The molecule has 42 heavy (non-hydrogen) atoms. The van der Waals surface area contributed by atoms with Crippen molar-refractivity contribution in [3.63, 3.8) is 0 Å². The first-order valence-electron chi connectivity index (χ1n) is 13.7. The molecule has 14 heteroatoms. The fourth-order valence-corrected chi connectivity index (χ4v) is 4.24. The molecule has 10 nitrogen and oxygen atoms in total. The summed E-state index contributed by atoms with van der Waals surface area (Å²) in [6.07, 6.45) is -7.23. The van der Waals surface area contributed by atoms with Gasteiger partial charge < -0.3 is 35.1 Å². The third-order valence-corrected chi connectivity index (χ3v) is 6.14. The molecule has 0 bridgehead atoms. The van der Waals surface area contributed by atoms with E-state index in [4.69, 9.17) is 14.2 Å². The lowest BCUT2D eigenvalue weighted by Gasteiger charge is -2.23. The van der Waals surface area contributed by atoms with Gasteiger partial charge in [-0.25, -0.2) is 31.9 Å². The van der Waals surface area contributed by atoms with E-state index in [0.29, 0.717) is 6.54 Å². The third-order valence-electron chi connectivity index (χ3n) is 6.14. The Kier molecular flexibility index (Phi) is 12.7. The van der Waals surface area contributed by atoms with Crippen LogP contribution in [0.15, 0.2) is 30.3 Å². The third kappa shape index (κ3) is 12.3. The monoisotopic (exact) mass is 606 g/mol. The molecule has 0 radical (unpaired) electrons. The standard InChI is InChI=1S/C18H24F2N2O4.C10H18F2N2O2/c1-18(2,3)26-16(23)21-14-10-22(9-13(14)15(19)20)17(24)25-11-12-7-5-4-6-8-12;1-10(2,3)16-9(15)14-7-5-13-4-6(7)8(11)12/h4-8,13-15H,9-11H2,1-3H3,(H,21,23);6-8,13H,4-5H2,1-3H3,(H,14,15)/t13-,14-;6-,7-/m10/s1. The van der Waals surface area contributed by atoms with Gasteiger partial charge in [0.15, 0.2) is 0 Å². The van der Waals surface area contributed by atoms with Gasteiger partial charge in [-0.1, -0.05) is 30.3 Å². The summed E-state index contributed by atoms with van der Waals surface area (Å²) in [6.45, 7) is 10.6. The van der Waals surface area contributed by atoms with Crippen molar-refractivity contribution in [3.8, 4) is 0 Å². The molecule has 3 rings (SSSR count). The van der Waals surface area contributed by atoms with Gasteiger partial charge in [-0.2, -0.15) is 0 Å². The maximum absolute atomic E-state index is 13.3. The normalized spacial score (nSPS) is 22.3. The molecule has 2 aliphatic heterocycles. The van der Waals surface area contributed by atoms with Crippen molar-refractivity contribution in [2.75, 3.05) is 26.2 Å². The van der Waals surface area contributed by atoms with E-state index >= 15 is 0 Å². The predicted molar refractivity (Wildman–Crippen MR) is 146 cm³/mol. The molecule has 0 saturated carbocycles.